The molecule has 7 nitrogen and oxygen atoms in total. The van der Waals surface area contributed by atoms with Crippen molar-refractivity contribution in [3.05, 3.63) is 101 Å². The summed E-state index contributed by atoms with van der Waals surface area (Å²) < 4.78 is 22.7. The average molecular weight is 527 g/mol. The van der Waals surface area contributed by atoms with Gasteiger partial charge in [-0.25, -0.2) is 0 Å². The van der Waals surface area contributed by atoms with Gasteiger partial charge < -0.3 is 24.3 Å². The van der Waals surface area contributed by atoms with E-state index in [4.69, 9.17) is 18.9 Å². The number of ether oxygens (including phenoxy) is 4. The zero-order valence-corrected chi connectivity index (χ0v) is 23.2. The normalized spacial score (nSPS) is 11.4. The van der Waals surface area contributed by atoms with Crippen molar-refractivity contribution in [2.24, 2.45) is 0 Å². The van der Waals surface area contributed by atoms with Gasteiger partial charge in [0.25, 0.3) is 5.91 Å². The number of benzene rings is 3. The predicted octanol–water partition coefficient (Wildman–Crippen LogP) is 6.17. The van der Waals surface area contributed by atoms with Gasteiger partial charge >= 0.3 is 0 Å². The van der Waals surface area contributed by atoms with E-state index in [1.807, 2.05) is 74.5 Å². The highest BCUT2D eigenvalue weighted by Gasteiger charge is 2.26. The lowest BCUT2D eigenvalue weighted by atomic mass is 9.92. The molecule has 0 fully saturated rings. The Hall–Kier alpha value is -4.52. The molecule has 7 heteroatoms. The Bertz CT molecular complexity index is 1440. The first-order valence-corrected chi connectivity index (χ1v) is 12.7. The van der Waals surface area contributed by atoms with E-state index in [0.717, 1.165) is 33.4 Å². The molecule has 1 heterocycles. The molecule has 1 aromatic heterocycles. The highest BCUT2D eigenvalue weighted by molar-refractivity contribution is 6.01. The summed E-state index contributed by atoms with van der Waals surface area (Å²) in [5.74, 6) is 1.91. The summed E-state index contributed by atoms with van der Waals surface area (Å²) in [6, 6.07) is 19.5. The molecule has 202 valence electrons. The minimum absolute atomic E-state index is 0.159. The van der Waals surface area contributed by atoms with Crippen LogP contribution in [0.15, 0.2) is 73.1 Å². The summed E-state index contributed by atoms with van der Waals surface area (Å²) in [7, 11) is 6.33. The van der Waals surface area contributed by atoms with Crippen LogP contribution in [0.25, 0.3) is 11.1 Å². The molecular formula is C32H34N2O5. The second-order valence-electron chi connectivity index (χ2n) is 9.13. The second-order valence-corrected chi connectivity index (χ2v) is 9.13. The Morgan fingerprint density at radius 2 is 1.44 bits per heavy atom. The van der Waals surface area contributed by atoms with Gasteiger partial charge in [0.1, 0.15) is 0 Å². The van der Waals surface area contributed by atoms with Crippen LogP contribution in [0.4, 0.5) is 0 Å². The van der Waals surface area contributed by atoms with Crippen LogP contribution >= 0.6 is 0 Å². The zero-order chi connectivity index (χ0) is 27.9. The lowest BCUT2D eigenvalue weighted by Gasteiger charge is -2.22. The van der Waals surface area contributed by atoms with E-state index in [0.29, 0.717) is 35.0 Å². The highest BCUT2D eigenvalue weighted by atomic mass is 16.5. The Kier molecular flexibility index (Phi) is 8.71. The van der Waals surface area contributed by atoms with Crippen LogP contribution in [0.3, 0.4) is 0 Å². The molecule has 4 rings (SSSR count). The maximum absolute atomic E-state index is 13.7. The van der Waals surface area contributed by atoms with Crippen LogP contribution in [0.5, 0.6) is 23.0 Å². The predicted molar refractivity (Wildman–Crippen MR) is 152 cm³/mol. The van der Waals surface area contributed by atoms with Gasteiger partial charge in [-0.2, -0.15) is 0 Å². The highest BCUT2D eigenvalue weighted by Crippen LogP contribution is 2.49. The Balaban J connectivity index is 1.79. The number of hydrogen-bond donors (Lipinski definition) is 1. The van der Waals surface area contributed by atoms with E-state index < -0.39 is 0 Å². The molecule has 0 unspecified atom stereocenters. The van der Waals surface area contributed by atoms with Gasteiger partial charge in [0.2, 0.25) is 11.5 Å². The number of methoxy groups -OCH3 is 4. The van der Waals surface area contributed by atoms with Crippen molar-refractivity contribution in [3.63, 3.8) is 0 Å². The van der Waals surface area contributed by atoms with Gasteiger partial charge in [0.15, 0.2) is 11.5 Å². The molecule has 0 saturated heterocycles. The molecule has 0 bridgehead atoms. The van der Waals surface area contributed by atoms with E-state index in [1.54, 1.807) is 40.8 Å². The number of nitrogens with zero attached hydrogens (tertiary/aromatic N) is 1. The molecule has 0 aliphatic rings. The first-order valence-electron chi connectivity index (χ1n) is 12.7. The number of carbonyl (C=O) groups is 1. The molecular weight excluding hydrogens is 492 g/mol. The quantitative estimate of drug-likeness (QED) is 0.266. The number of aromatic nitrogens is 1. The molecule has 1 amide bonds. The van der Waals surface area contributed by atoms with E-state index in [-0.39, 0.29) is 11.9 Å². The number of pyridine rings is 1. The maximum atomic E-state index is 13.7. The smallest absolute Gasteiger partial charge is 0.252 e. The second kappa shape index (κ2) is 12.3. The molecule has 1 N–H and O–H groups in total. The Morgan fingerprint density at radius 3 is 2.05 bits per heavy atom. The SMILES string of the molecule is COc1c(C)c(Cc2ccc(-c3ccncc3)c(C(=O)N[C@@H](C)c3ccccc3)c2)c(OC)c(OC)c1OC. The minimum Gasteiger partial charge on any atom is -0.492 e. The average Bonchev–Trinajstić information content (AvgIpc) is 2.98. The third-order valence-electron chi connectivity index (χ3n) is 6.85. The summed E-state index contributed by atoms with van der Waals surface area (Å²) in [5, 5.41) is 3.16. The van der Waals surface area contributed by atoms with Gasteiger partial charge in [-0.15, -0.1) is 0 Å². The van der Waals surface area contributed by atoms with Gasteiger partial charge in [0, 0.05) is 35.5 Å². The topological polar surface area (TPSA) is 78.9 Å². The van der Waals surface area contributed by atoms with E-state index in [9.17, 15) is 4.79 Å². The number of nitrogens with one attached hydrogen (secondary N) is 1. The van der Waals surface area contributed by atoms with Gasteiger partial charge in [-0.1, -0.05) is 42.5 Å². The summed E-state index contributed by atoms with van der Waals surface area (Å²) in [6.45, 7) is 3.94. The lowest BCUT2D eigenvalue weighted by molar-refractivity contribution is 0.0940. The fraction of sp³-hybridized carbons (Fsp3) is 0.250. The molecule has 39 heavy (non-hydrogen) atoms. The standard InChI is InChI=1S/C32H34N2O5/c1-20-26(29(37-4)31(39-6)30(38-5)28(20)36-3)18-22-12-13-25(24-14-16-33-17-15-24)27(19-22)32(35)34-21(2)23-10-8-7-9-11-23/h7-17,19,21H,18H2,1-6H3,(H,34,35)/t21-/m0/s1. The maximum Gasteiger partial charge on any atom is 0.252 e. The summed E-state index contributed by atoms with van der Waals surface area (Å²) in [6.07, 6.45) is 3.93. The van der Waals surface area contributed by atoms with Crippen molar-refractivity contribution in [3.8, 4) is 34.1 Å². The first-order chi connectivity index (χ1) is 18.9. The largest absolute Gasteiger partial charge is 0.492 e. The van der Waals surface area contributed by atoms with Gasteiger partial charge in [0.05, 0.1) is 34.5 Å². The van der Waals surface area contributed by atoms with Crippen molar-refractivity contribution < 1.29 is 23.7 Å². The van der Waals surface area contributed by atoms with Crippen LogP contribution in [-0.2, 0) is 6.42 Å². The number of carbonyl (C=O) groups excluding carboxylic acids is 1. The number of rotatable bonds is 10. The van der Waals surface area contributed by atoms with Gasteiger partial charge in [-0.3, -0.25) is 9.78 Å². The van der Waals surface area contributed by atoms with Crippen molar-refractivity contribution in [1.82, 2.24) is 10.3 Å². The van der Waals surface area contributed by atoms with E-state index in [2.05, 4.69) is 10.3 Å². The molecule has 0 aliphatic carbocycles. The summed E-state index contributed by atoms with van der Waals surface area (Å²) in [4.78, 5) is 17.8. The first kappa shape index (κ1) is 27.5. The van der Waals surface area contributed by atoms with E-state index >= 15 is 0 Å². The minimum atomic E-state index is -0.162. The number of hydrogen-bond acceptors (Lipinski definition) is 6. The fourth-order valence-electron chi connectivity index (χ4n) is 4.84. The van der Waals surface area contributed by atoms with Crippen LogP contribution in [0.2, 0.25) is 0 Å². The Morgan fingerprint density at radius 1 is 0.821 bits per heavy atom. The molecule has 0 spiro atoms. The zero-order valence-electron chi connectivity index (χ0n) is 23.2. The number of amides is 1. The van der Waals surface area contributed by atoms with Crippen molar-refractivity contribution >= 4 is 5.91 Å². The van der Waals surface area contributed by atoms with E-state index in [1.165, 1.54) is 0 Å². The van der Waals surface area contributed by atoms with Crippen LogP contribution < -0.4 is 24.3 Å². The van der Waals surface area contributed by atoms with Crippen LogP contribution in [0, 0.1) is 6.92 Å². The van der Waals surface area contributed by atoms with Crippen LogP contribution in [0.1, 0.15) is 45.6 Å². The molecule has 0 aliphatic heterocycles. The summed E-state index contributed by atoms with van der Waals surface area (Å²) in [5.41, 5.74) is 6.03. The third kappa shape index (κ3) is 5.67. The Labute approximate surface area is 229 Å². The summed E-state index contributed by atoms with van der Waals surface area (Å²) >= 11 is 0. The molecule has 0 radical (unpaired) electrons. The van der Waals surface area contributed by atoms with Crippen molar-refractivity contribution in [2.45, 2.75) is 26.3 Å². The molecule has 1 atom stereocenters. The molecule has 4 aromatic rings. The fourth-order valence-corrected chi connectivity index (χ4v) is 4.84. The monoisotopic (exact) mass is 526 g/mol. The third-order valence-corrected chi connectivity index (χ3v) is 6.85. The van der Waals surface area contributed by atoms with Crippen molar-refractivity contribution in [2.75, 3.05) is 28.4 Å². The van der Waals surface area contributed by atoms with Crippen LogP contribution in [-0.4, -0.2) is 39.3 Å². The van der Waals surface area contributed by atoms with Crippen molar-refractivity contribution in [1.29, 1.82) is 0 Å². The lowest BCUT2D eigenvalue weighted by Crippen LogP contribution is -2.27. The van der Waals surface area contributed by atoms with Gasteiger partial charge in [-0.05, 0) is 54.3 Å². The molecule has 3 aromatic carbocycles. The molecule has 0 saturated carbocycles.